The van der Waals surface area contributed by atoms with E-state index in [9.17, 15) is 9.90 Å². The average Bonchev–Trinajstić information content (AvgIpc) is 2.87. The van der Waals surface area contributed by atoms with Gasteiger partial charge in [-0.2, -0.15) is 0 Å². The minimum atomic E-state index is -0.153. The molecule has 0 spiro atoms. The maximum absolute atomic E-state index is 13.2. The number of phenolic OH excluding ortho intramolecular Hbond substituents is 1. The number of anilines is 1. The van der Waals surface area contributed by atoms with Crippen LogP contribution in [0.4, 0.5) is 5.69 Å². The molecular formula is C21H23ClN2O2. The number of piperidine rings is 1. The molecule has 1 amide bonds. The number of phenols is 1. The quantitative estimate of drug-likeness (QED) is 0.794. The molecule has 0 saturated carbocycles. The summed E-state index contributed by atoms with van der Waals surface area (Å²) in [5, 5.41) is 13.7. The molecule has 136 valence electrons. The van der Waals surface area contributed by atoms with Gasteiger partial charge in [0.25, 0.3) is 0 Å². The van der Waals surface area contributed by atoms with Gasteiger partial charge in [0, 0.05) is 17.1 Å². The lowest BCUT2D eigenvalue weighted by molar-refractivity contribution is -0.124. The minimum absolute atomic E-state index is 0.0244. The third kappa shape index (κ3) is 3.08. The van der Waals surface area contributed by atoms with Gasteiger partial charge in [0.2, 0.25) is 5.91 Å². The molecule has 2 bridgehead atoms. The molecule has 4 rings (SSSR count). The summed E-state index contributed by atoms with van der Waals surface area (Å²) in [7, 11) is 2.13. The third-order valence-electron chi connectivity index (χ3n) is 6.03. The summed E-state index contributed by atoms with van der Waals surface area (Å²) in [5.74, 6) is 0.0763. The van der Waals surface area contributed by atoms with Crippen LogP contribution in [-0.2, 0) is 4.79 Å². The van der Waals surface area contributed by atoms with E-state index in [-0.39, 0.29) is 29.5 Å². The Balaban J connectivity index is 1.65. The zero-order valence-electron chi connectivity index (χ0n) is 14.7. The number of carbonyl (C=O) groups is 1. The SMILES string of the molecule is CN1C2CC[C@@H]1C[C@H](c1ccc(Cl)cc1)C2C(=O)Nc1ccccc1O. The van der Waals surface area contributed by atoms with E-state index in [1.54, 1.807) is 18.2 Å². The fourth-order valence-corrected chi connectivity index (χ4v) is 4.80. The maximum atomic E-state index is 13.2. The van der Waals surface area contributed by atoms with E-state index < -0.39 is 0 Å². The minimum Gasteiger partial charge on any atom is -0.506 e. The highest BCUT2D eigenvalue weighted by atomic mass is 35.5. The molecule has 26 heavy (non-hydrogen) atoms. The van der Waals surface area contributed by atoms with Gasteiger partial charge in [0.1, 0.15) is 5.75 Å². The lowest BCUT2D eigenvalue weighted by atomic mass is 9.75. The van der Waals surface area contributed by atoms with E-state index in [1.807, 2.05) is 30.3 Å². The normalized spacial score (nSPS) is 28.1. The van der Waals surface area contributed by atoms with Crippen molar-refractivity contribution in [2.24, 2.45) is 5.92 Å². The first kappa shape index (κ1) is 17.4. The predicted molar refractivity (Wildman–Crippen MR) is 104 cm³/mol. The number of benzene rings is 2. The Bertz CT molecular complexity index is 808. The summed E-state index contributed by atoms with van der Waals surface area (Å²) in [6.07, 6.45) is 3.13. The van der Waals surface area contributed by atoms with E-state index >= 15 is 0 Å². The molecule has 4 nitrogen and oxygen atoms in total. The summed E-state index contributed by atoms with van der Waals surface area (Å²) in [6.45, 7) is 0. The van der Waals surface area contributed by atoms with Gasteiger partial charge in [0.15, 0.2) is 0 Å². The number of nitrogens with zero attached hydrogens (tertiary/aromatic N) is 1. The van der Waals surface area contributed by atoms with Crippen LogP contribution >= 0.6 is 11.6 Å². The van der Waals surface area contributed by atoms with Gasteiger partial charge in [-0.05, 0) is 62.1 Å². The van der Waals surface area contributed by atoms with E-state index in [1.165, 1.54) is 0 Å². The molecule has 4 atom stereocenters. The molecule has 0 radical (unpaired) electrons. The fraction of sp³-hybridized carbons (Fsp3) is 0.381. The Hall–Kier alpha value is -2.04. The highest BCUT2D eigenvalue weighted by Crippen LogP contribution is 2.46. The van der Waals surface area contributed by atoms with Crippen LogP contribution < -0.4 is 5.32 Å². The lowest BCUT2D eigenvalue weighted by Gasteiger charge is -2.42. The number of hydrogen-bond acceptors (Lipinski definition) is 3. The molecule has 5 heteroatoms. The first-order chi connectivity index (χ1) is 12.5. The van der Waals surface area contributed by atoms with Crippen LogP contribution in [0.3, 0.4) is 0 Å². The number of rotatable bonds is 3. The molecule has 2 aliphatic heterocycles. The average molecular weight is 371 g/mol. The fourth-order valence-electron chi connectivity index (χ4n) is 4.67. The van der Waals surface area contributed by atoms with E-state index in [0.717, 1.165) is 24.8 Å². The van der Waals surface area contributed by atoms with E-state index in [0.29, 0.717) is 16.8 Å². The highest BCUT2D eigenvalue weighted by Gasteiger charge is 2.49. The third-order valence-corrected chi connectivity index (χ3v) is 6.28. The second-order valence-electron chi connectivity index (χ2n) is 7.39. The second kappa shape index (κ2) is 6.93. The van der Waals surface area contributed by atoms with Crippen LogP contribution in [0.2, 0.25) is 5.02 Å². The molecule has 2 saturated heterocycles. The van der Waals surface area contributed by atoms with Crippen molar-refractivity contribution < 1.29 is 9.90 Å². The molecule has 0 aliphatic carbocycles. The van der Waals surface area contributed by atoms with Crippen LogP contribution in [0.5, 0.6) is 5.75 Å². The zero-order chi connectivity index (χ0) is 18.3. The van der Waals surface area contributed by atoms with E-state index in [4.69, 9.17) is 11.6 Å². The Morgan fingerprint density at radius 1 is 1.15 bits per heavy atom. The highest BCUT2D eigenvalue weighted by molar-refractivity contribution is 6.30. The van der Waals surface area contributed by atoms with Crippen LogP contribution in [0.1, 0.15) is 30.7 Å². The van der Waals surface area contributed by atoms with Gasteiger partial charge in [-0.1, -0.05) is 35.9 Å². The largest absolute Gasteiger partial charge is 0.506 e. The molecule has 0 aromatic heterocycles. The lowest BCUT2D eigenvalue weighted by Crippen LogP contribution is -2.50. The number of amides is 1. The number of aromatic hydroxyl groups is 1. The van der Waals surface area contributed by atoms with Crippen LogP contribution in [-0.4, -0.2) is 35.0 Å². The maximum Gasteiger partial charge on any atom is 0.229 e. The molecule has 2 aromatic rings. The Morgan fingerprint density at radius 3 is 2.62 bits per heavy atom. The summed E-state index contributed by atoms with van der Waals surface area (Å²) < 4.78 is 0. The Labute approximate surface area is 158 Å². The van der Waals surface area contributed by atoms with Crippen LogP contribution in [0, 0.1) is 5.92 Å². The van der Waals surface area contributed by atoms with Gasteiger partial charge in [0.05, 0.1) is 11.6 Å². The topological polar surface area (TPSA) is 52.6 Å². The number of halogens is 1. The summed E-state index contributed by atoms with van der Waals surface area (Å²) in [5.41, 5.74) is 1.63. The van der Waals surface area contributed by atoms with Crippen molar-refractivity contribution in [1.82, 2.24) is 4.90 Å². The number of para-hydroxylation sites is 2. The second-order valence-corrected chi connectivity index (χ2v) is 7.83. The number of carbonyl (C=O) groups excluding carboxylic acids is 1. The van der Waals surface area contributed by atoms with Gasteiger partial charge < -0.3 is 10.4 Å². The van der Waals surface area contributed by atoms with Crippen LogP contribution in [0.15, 0.2) is 48.5 Å². The van der Waals surface area contributed by atoms with E-state index in [2.05, 4.69) is 17.3 Å². The molecule has 2 aromatic carbocycles. The first-order valence-electron chi connectivity index (χ1n) is 9.11. The number of fused-ring (bicyclic) bond motifs is 2. The Morgan fingerprint density at radius 2 is 1.88 bits per heavy atom. The standard InChI is InChI=1S/C21H23ClN2O2/c1-24-15-10-11-18(24)20(16(12-15)13-6-8-14(22)9-7-13)21(26)23-17-4-2-3-5-19(17)25/h2-9,15-16,18,20,25H,10-12H2,1H3,(H,23,26)/t15-,16-,18?,20?/m1/s1. The molecule has 2 N–H and O–H groups in total. The molecular weight excluding hydrogens is 348 g/mol. The van der Waals surface area contributed by atoms with Gasteiger partial charge in [-0.15, -0.1) is 0 Å². The predicted octanol–water partition coefficient (Wildman–Crippen LogP) is 4.25. The first-order valence-corrected chi connectivity index (χ1v) is 9.48. The molecule has 2 aliphatic rings. The molecule has 2 heterocycles. The molecule has 2 fully saturated rings. The van der Waals surface area contributed by atoms with Crippen molar-refractivity contribution in [3.05, 3.63) is 59.1 Å². The van der Waals surface area contributed by atoms with Crippen molar-refractivity contribution in [1.29, 1.82) is 0 Å². The van der Waals surface area contributed by atoms with Crippen molar-refractivity contribution in [2.75, 3.05) is 12.4 Å². The summed E-state index contributed by atoms with van der Waals surface area (Å²) in [4.78, 5) is 15.6. The van der Waals surface area contributed by atoms with Crippen molar-refractivity contribution in [3.63, 3.8) is 0 Å². The summed E-state index contributed by atoms with van der Waals surface area (Å²) >= 11 is 6.05. The van der Waals surface area contributed by atoms with Gasteiger partial charge >= 0.3 is 0 Å². The monoisotopic (exact) mass is 370 g/mol. The van der Waals surface area contributed by atoms with Crippen molar-refractivity contribution >= 4 is 23.2 Å². The Kier molecular flexibility index (Phi) is 4.63. The number of hydrogen-bond donors (Lipinski definition) is 2. The summed E-state index contributed by atoms with van der Waals surface area (Å²) in [6, 6.07) is 15.5. The van der Waals surface area contributed by atoms with Crippen molar-refractivity contribution in [3.8, 4) is 5.75 Å². The van der Waals surface area contributed by atoms with Crippen LogP contribution in [0.25, 0.3) is 0 Å². The van der Waals surface area contributed by atoms with Crippen molar-refractivity contribution in [2.45, 2.75) is 37.3 Å². The zero-order valence-corrected chi connectivity index (χ0v) is 15.5. The van der Waals surface area contributed by atoms with Gasteiger partial charge in [-0.25, -0.2) is 0 Å². The van der Waals surface area contributed by atoms with Gasteiger partial charge in [-0.3, -0.25) is 9.69 Å². The number of nitrogens with one attached hydrogen (secondary N) is 1. The molecule has 2 unspecified atom stereocenters. The smallest absolute Gasteiger partial charge is 0.229 e.